The fraction of sp³-hybridized carbons (Fsp3) is 0.471. The number of rotatable bonds is 5. The lowest BCUT2D eigenvalue weighted by molar-refractivity contribution is -0.137. The fourth-order valence-corrected chi connectivity index (χ4v) is 9.28. The molecule has 4 aliphatic rings. The Hall–Kier alpha value is -4.40. The molecule has 4 atom stereocenters. The number of carbonyl (C=O) groups excluding carboxylic acids is 1. The maximum atomic E-state index is 17.2. The molecular weight excluding hydrogens is 700 g/mol. The molecule has 0 spiro atoms. The fourth-order valence-electron chi connectivity index (χ4n) is 8.33. The van der Waals surface area contributed by atoms with Crippen LogP contribution in [0.25, 0.3) is 32.1 Å². The highest BCUT2D eigenvalue weighted by atomic mass is 32.1. The largest absolute Gasteiger partial charge is 0.461 e. The minimum absolute atomic E-state index is 0.0287. The summed E-state index contributed by atoms with van der Waals surface area (Å²) >= 11 is 0.676. The van der Waals surface area contributed by atoms with E-state index in [0.29, 0.717) is 24.3 Å². The molecule has 0 radical (unpaired) electrons. The number of likely N-dealkylation sites (tertiary alicyclic amines) is 1. The van der Waals surface area contributed by atoms with Crippen molar-refractivity contribution >= 4 is 49.1 Å². The Balaban J connectivity index is 1.35. The number of aromatic nitrogens is 2. The lowest BCUT2D eigenvalue weighted by Gasteiger charge is -2.38. The normalized spacial score (nSPS) is 25.1. The van der Waals surface area contributed by atoms with Crippen molar-refractivity contribution in [3.63, 3.8) is 0 Å². The van der Waals surface area contributed by atoms with Gasteiger partial charge in [-0.15, -0.1) is 11.3 Å². The van der Waals surface area contributed by atoms with E-state index in [2.05, 4.69) is 9.97 Å². The minimum atomic E-state index is -5.13. The van der Waals surface area contributed by atoms with Gasteiger partial charge in [0.15, 0.2) is 5.82 Å². The molecule has 4 saturated heterocycles. The highest BCUT2D eigenvalue weighted by molar-refractivity contribution is 7.23. The molecule has 4 aromatic rings. The lowest BCUT2D eigenvalue weighted by atomic mass is 9.92. The number of hydrogen-bond acceptors (Lipinski definition) is 10. The van der Waals surface area contributed by atoms with E-state index in [1.807, 2.05) is 11.0 Å². The number of ether oxygens (including phenoxy) is 2. The van der Waals surface area contributed by atoms with Crippen LogP contribution in [0, 0.1) is 23.0 Å². The zero-order valence-corrected chi connectivity index (χ0v) is 28.0. The molecule has 10 nitrogen and oxygen atoms in total. The van der Waals surface area contributed by atoms with Crippen molar-refractivity contribution in [2.24, 2.45) is 0 Å². The van der Waals surface area contributed by atoms with Crippen molar-refractivity contribution in [1.29, 1.82) is 5.26 Å². The number of hydrogen-bond donors (Lipinski definition) is 1. The van der Waals surface area contributed by atoms with Gasteiger partial charge >= 0.3 is 12.2 Å². The van der Waals surface area contributed by atoms with Crippen molar-refractivity contribution in [3.05, 3.63) is 41.0 Å². The molecule has 8 rings (SSSR count). The van der Waals surface area contributed by atoms with E-state index in [-0.39, 0.29) is 95.1 Å². The second-order valence-electron chi connectivity index (χ2n) is 13.5. The van der Waals surface area contributed by atoms with Crippen molar-refractivity contribution in [2.45, 2.75) is 56.2 Å². The summed E-state index contributed by atoms with van der Waals surface area (Å²) in [6.07, 6.45) is -4.98. The highest BCUT2D eigenvalue weighted by Gasteiger charge is 2.50. The average molecular weight is 732 g/mol. The van der Waals surface area contributed by atoms with E-state index in [1.165, 1.54) is 6.92 Å². The van der Waals surface area contributed by atoms with Gasteiger partial charge in [0.2, 0.25) is 5.91 Å². The summed E-state index contributed by atoms with van der Waals surface area (Å²) in [5, 5.41) is 9.20. The van der Waals surface area contributed by atoms with Crippen molar-refractivity contribution in [3.8, 4) is 23.2 Å². The number of amides is 1. The van der Waals surface area contributed by atoms with Crippen LogP contribution in [0.15, 0.2) is 18.2 Å². The molecule has 0 bridgehead atoms. The summed E-state index contributed by atoms with van der Waals surface area (Å²) < 4.78 is 104. The van der Waals surface area contributed by atoms with Crippen LogP contribution in [-0.2, 0) is 15.7 Å². The number of halogens is 6. The third kappa shape index (κ3) is 5.41. The predicted octanol–water partition coefficient (Wildman–Crippen LogP) is 5.65. The van der Waals surface area contributed by atoms with Gasteiger partial charge in [0.25, 0.3) is 0 Å². The van der Waals surface area contributed by atoms with Crippen LogP contribution < -0.4 is 15.4 Å². The highest BCUT2D eigenvalue weighted by Crippen LogP contribution is 2.48. The van der Waals surface area contributed by atoms with Gasteiger partial charge in [0, 0.05) is 55.9 Å². The summed E-state index contributed by atoms with van der Waals surface area (Å²) in [7, 11) is 0. The zero-order valence-electron chi connectivity index (χ0n) is 27.2. The lowest BCUT2D eigenvalue weighted by Crippen LogP contribution is -2.51. The Bertz CT molecular complexity index is 2140. The molecule has 1 amide bonds. The first kappa shape index (κ1) is 33.7. The van der Waals surface area contributed by atoms with Crippen LogP contribution in [0.3, 0.4) is 0 Å². The number of benzene rings is 2. The number of alkyl halides is 4. The molecule has 2 aromatic carbocycles. The molecule has 2 aromatic heterocycles. The minimum Gasteiger partial charge on any atom is -0.461 e. The molecular formula is C34H31F6N7O3S. The van der Waals surface area contributed by atoms with E-state index < -0.39 is 58.3 Å². The molecule has 2 N–H and O–H groups in total. The van der Waals surface area contributed by atoms with Gasteiger partial charge in [0.05, 0.1) is 40.1 Å². The average Bonchev–Trinajstić information content (AvgIpc) is 3.84. The number of nitrogens with zero attached hydrogens (tertiary/aromatic N) is 6. The van der Waals surface area contributed by atoms with E-state index in [1.54, 1.807) is 9.80 Å². The Morgan fingerprint density at radius 2 is 2.02 bits per heavy atom. The zero-order chi connectivity index (χ0) is 36.0. The number of fused-ring (bicyclic) bond motifs is 4. The third-order valence-electron chi connectivity index (χ3n) is 10.6. The van der Waals surface area contributed by atoms with Crippen LogP contribution in [0.2, 0.25) is 0 Å². The quantitative estimate of drug-likeness (QED) is 0.260. The monoisotopic (exact) mass is 731 g/mol. The molecule has 268 valence electrons. The Morgan fingerprint density at radius 1 is 1.22 bits per heavy atom. The number of nitriles is 1. The van der Waals surface area contributed by atoms with Crippen molar-refractivity contribution in [1.82, 2.24) is 19.8 Å². The maximum Gasteiger partial charge on any atom is 0.417 e. The van der Waals surface area contributed by atoms with E-state index >= 15 is 17.6 Å². The summed E-state index contributed by atoms with van der Waals surface area (Å²) in [5.41, 5.74) is 1.84. The van der Waals surface area contributed by atoms with Gasteiger partial charge in [-0.05, 0) is 37.1 Å². The number of carbonyl (C=O) groups is 1. The van der Waals surface area contributed by atoms with Gasteiger partial charge < -0.3 is 25.0 Å². The molecule has 0 saturated carbocycles. The van der Waals surface area contributed by atoms with Crippen molar-refractivity contribution < 1.29 is 40.6 Å². The topological polar surface area (TPSA) is 121 Å². The van der Waals surface area contributed by atoms with Crippen LogP contribution in [0.1, 0.15) is 37.3 Å². The molecule has 51 heavy (non-hydrogen) atoms. The number of morpholine rings is 1. The SMILES string of the molecule is CC(=O)N1C[C@@H]2OCCN(c3nc(OC[C@@]45CCCN4C[C@H](F)C5)nc4c(F)c(-c5ccc(F)c6sc(N)c(C#N)c56)c(C(F)(F)F)cc34)[C@@H]2C1. The summed E-state index contributed by atoms with van der Waals surface area (Å²) in [6, 6.07) is 3.62. The first-order valence-corrected chi connectivity index (χ1v) is 17.3. The van der Waals surface area contributed by atoms with Crippen LogP contribution in [0.4, 0.5) is 37.2 Å². The Labute approximate surface area is 291 Å². The maximum absolute atomic E-state index is 17.2. The van der Waals surface area contributed by atoms with E-state index in [0.717, 1.165) is 24.6 Å². The number of nitrogen functional groups attached to an aromatic ring is 1. The molecule has 0 unspecified atom stereocenters. The summed E-state index contributed by atoms with van der Waals surface area (Å²) in [6.45, 7) is 3.06. The smallest absolute Gasteiger partial charge is 0.417 e. The number of thiophene rings is 1. The van der Waals surface area contributed by atoms with Gasteiger partial charge in [0.1, 0.15) is 41.0 Å². The van der Waals surface area contributed by atoms with Crippen molar-refractivity contribution in [2.75, 3.05) is 56.6 Å². The first-order chi connectivity index (χ1) is 24.3. The first-order valence-electron chi connectivity index (χ1n) is 16.5. The van der Waals surface area contributed by atoms with Gasteiger partial charge in [-0.25, -0.2) is 13.2 Å². The molecule has 0 aliphatic carbocycles. The molecule has 6 heterocycles. The van der Waals surface area contributed by atoms with Gasteiger partial charge in [-0.1, -0.05) is 6.07 Å². The summed E-state index contributed by atoms with van der Waals surface area (Å²) in [5.74, 6) is -2.48. The third-order valence-corrected chi connectivity index (χ3v) is 11.7. The van der Waals surface area contributed by atoms with Gasteiger partial charge in [-0.2, -0.15) is 28.4 Å². The molecule has 4 fully saturated rings. The molecule has 17 heteroatoms. The Morgan fingerprint density at radius 3 is 2.76 bits per heavy atom. The van der Waals surface area contributed by atoms with Crippen LogP contribution in [-0.4, -0.2) is 95.5 Å². The number of anilines is 2. The van der Waals surface area contributed by atoms with E-state index in [9.17, 15) is 18.8 Å². The number of nitrogens with two attached hydrogens (primary N) is 1. The summed E-state index contributed by atoms with van der Waals surface area (Å²) in [4.78, 5) is 26.5. The standard InChI is InChI=1S/C34H31F6N7O3S/c1-16(48)45-13-23-24(14-45)49-8-7-47(23)31-19-9-21(34(38,39)40)26(18-3-4-22(36)29-25(18)20(11-41)30(42)51-29)27(37)28(19)43-32(44-31)50-15-33-5-2-6-46(33)12-17(35)10-33/h3-4,9,17,23-24H,2,5-8,10,12-15,42H2,1H3/t17-,23-,24+,33+/m1/s1. The molecule has 4 aliphatic heterocycles. The van der Waals surface area contributed by atoms with E-state index in [4.69, 9.17) is 15.2 Å². The second kappa shape index (κ2) is 12.1. The predicted molar refractivity (Wildman–Crippen MR) is 176 cm³/mol. The Kier molecular flexibility index (Phi) is 8.00. The van der Waals surface area contributed by atoms with Crippen LogP contribution >= 0.6 is 11.3 Å². The van der Waals surface area contributed by atoms with Gasteiger partial charge in [-0.3, -0.25) is 9.69 Å². The second-order valence-corrected chi connectivity index (χ2v) is 14.6. The van der Waals surface area contributed by atoms with Crippen LogP contribution in [0.5, 0.6) is 6.01 Å².